The molecule has 0 bridgehead atoms. The number of nitrogens with one attached hydrogen (secondary N) is 1. The van der Waals surface area contributed by atoms with Crippen molar-refractivity contribution in [3.8, 4) is 0 Å². The monoisotopic (exact) mass is 412 g/mol. The van der Waals surface area contributed by atoms with E-state index < -0.39 is 5.60 Å². The molecule has 0 aliphatic carbocycles. The Morgan fingerprint density at radius 1 is 1.21 bits per heavy atom. The number of nitrogens with zero attached hydrogens (tertiary/aromatic N) is 1. The fraction of sp³-hybridized carbons (Fsp3) is 0.952. The quantitative estimate of drug-likeness (QED) is 0.647. The molecule has 1 N–H and O–H groups in total. The van der Waals surface area contributed by atoms with Crippen molar-refractivity contribution in [2.45, 2.75) is 96.5 Å². The number of likely N-dealkylation sites (tertiary alicyclic amines) is 1. The number of likely N-dealkylation sites (N-methyl/N-ethyl adjacent to an activating group) is 1. The van der Waals surface area contributed by atoms with Crippen molar-refractivity contribution in [1.29, 1.82) is 0 Å². The minimum atomic E-state index is -0.515. The maximum Gasteiger partial charge on any atom is 0.457 e. The predicted molar refractivity (Wildman–Crippen MR) is 115 cm³/mol. The fourth-order valence-electron chi connectivity index (χ4n) is 4.20. The van der Waals surface area contributed by atoms with Gasteiger partial charge in [-0.3, -0.25) is 0 Å². The molecule has 7 nitrogen and oxygen atoms in total. The van der Waals surface area contributed by atoms with Crippen LogP contribution in [0.1, 0.15) is 61.3 Å². The summed E-state index contributed by atoms with van der Waals surface area (Å²) in [6.07, 6.45) is 2.49. The number of methoxy groups -OCH3 is 1. The zero-order valence-electron chi connectivity index (χ0n) is 19.8. The molecule has 168 valence electrons. The van der Waals surface area contributed by atoms with Crippen LogP contribution in [-0.2, 0) is 18.8 Å². The summed E-state index contributed by atoms with van der Waals surface area (Å²) in [5, 5.41) is 3.39. The topological polar surface area (TPSA) is 69.3 Å². The summed E-state index contributed by atoms with van der Waals surface area (Å²) in [6.45, 7) is 15.1. The molecule has 2 rings (SSSR count). The van der Waals surface area contributed by atoms with E-state index in [-0.39, 0.29) is 42.4 Å². The molecule has 2 heterocycles. The number of hydrogen-bond donors (Lipinski definition) is 1. The van der Waals surface area contributed by atoms with Crippen LogP contribution in [0.2, 0.25) is 6.32 Å². The summed E-state index contributed by atoms with van der Waals surface area (Å²) < 4.78 is 23.3. The molecular weight excluding hydrogens is 371 g/mol. The number of ether oxygens (including phenoxy) is 2. The van der Waals surface area contributed by atoms with Crippen LogP contribution in [-0.4, -0.2) is 74.3 Å². The smallest absolute Gasteiger partial charge is 0.444 e. The Bertz CT molecular complexity index is 548. The van der Waals surface area contributed by atoms with E-state index in [2.05, 4.69) is 33.0 Å². The Morgan fingerprint density at radius 2 is 1.79 bits per heavy atom. The van der Waals surface area contributed by atoms with Crippen LogP contribution in [0.5, 0.6) is 0 Å². The molecule has 1 amide bonds. The van der Waals surface area contributed by atoms with Crippen molar-refractivity contribution >= 4 is 13.2 Å². The van der Waals surface area contributed by atoms with Gasteiger partial charge in [0.15, 0.2) is 0 Å². The highest BCUT2D eigenvalue weighted by Gasteiger charge is 2.51. The Labute approximate surface area is 177 Å². The zero-order valence-corrected chi connectivity index (χ0v) is 19.8. The third kappa shape index (κ3) is 5.87. The molecule has 2 aliphatic heterocycles. The Balaban J connectivity index is 1.99. The normalized spacial score (nSPS) is 28.8. The summed E-state index contributed by atoms with van der Waals surface area (Å²) in [5.41, 5.74) is -1.12. The summed E-state index contributed by atoms with van der Waals surface area (Å²) in [4.78, 5) is 14.6. The van der Waals surface area contributed by atoms with Crippen LogP contribution in [0.15, 0.2) is 0 Å². The second-order valence-corrected chi connectivity index (χ2v) is 10.3. The SMILES string of the molecule is CN[C@H]1CN(C(=O)OC(C)(C)C)C(COC)[C@@H]1CCCB1OC(C)(C)C(C)(C)O1. The van der Waals surface area contributed by atoms with Gasteiger partial charge in [-0.1, -0.05) is 6.42 Å². The minimum Gasteiger partial charge on any atom is -0.444 e. The van der Waals surface area contributed by atoms with Gasteiger partial charge in [0.05, 0.1) is 23.9 Å². The molecule has 0 aromatic heterocycles. The van der Waals surface area contributed by atoms with Gasteiger partial charge in [0.1, 0.15) is 5.60 Å². The Kier molecular flexibility index (Phi) is 7.69. The maximum absolute atomic E-state index is 12.8. The van der Waals surface area contributed by atoms with E-state index in [0.717, 1.165) is 19.2 Å². The van der Waals surface area contributed by atoms with Gasteiger partial charge in [0.2, 0.25) is 0 Å². The summed E-state index contributed by atoms with van der Waals surface area (Å²) in [7, 11) is 3.45. The second-order valence-electron chi connectivity index (χ2n) is 10.3. The van der Waals surface area contributed by atoms with Crippen LogP contribution in [0.25, 0.3) is 0 Å². The van der Waals surface area contributed by atoms with Gasteiger partial charge < -0.3 is 29.0 Å². The molecule has 0 radical (unpaired) electrons. The molecular formula is C21H41BN2O5. The van der Waals surface area contributed by atoms with Crippen molar-refractivity contribution < 1.29 is 23.6 Å². The highest BCUT2D eigenvalue weighted by atomic mass is 16.7. The third-order valence-electron chi connectivity index (χ3n) is 6.42. The molecule has 1 unspecified atom stereocenters. The van der Waals surface area contributed by atoms with E-state index >= 15 is 0 Å². The van der Waals surface area contributed by atoms with Gasteiger partial charge in [0, 0.05) is 19.7 Å². The molecule has 0 aromatic carbocycles. The number of carbonyl (C=O) groups is 1. The Hall–Kier alpha value is -0.825. The molecule has 2 fully saturated rings. The lowest BCUT2D eigenvalue weighted by Crippen LogP contribution is -2.43. The largest absolute Gasteiger partial charge is 0.457 e. The van der Waals surface area contributed by atoms with Gasteiger partial charge >= 0.3 is 13.2 Å². The first-order valence-electron chi connectivity index (χ1n) is 10.8. The van der Waals surface area contributed by atoms with E-state index in [1.807, 2.05) is 32.7 Å². The fourth-order valence-corrected chi connectivity index (χ4v) is 4.20. The lowest BCUT2D eigenvalue weighted by Gasteiger charge is -2.32. The van der Waals surface area contributed by atoms with Crippen molar-refractivity contribution in [3.63, 3.8) is 0 Å². The molecule has 2 aliphatic rings. The molecule has 0 saturated carbocycles. The molecule has 2 saturated heterocycles. The first-order chi connectivity index (χ1) is 13.3. The minimum absolute atomic E-state index is 0.00871. The predicted octanol–water partition coefficient (Wildman–Crippen LogP) is 3.33. The third-order valence-corrected chi connectivity index (χ3v) is 6.42. The Morgan fingerprint density at radius 3 is 2.28 bits per heavy atom. The molecule has 0 spiro atoms. The van der Waals surface area contributed by atoms with Gasteiger partial charge in [-0.05, 0) is 74.2 Å². The van der Waals surface area contributed by atoms with E-state index in [1.165, 1.54) is 0 Å². The van der Waals surface area contributed by atoms with Crippen LogP contribution in [0.4, 0.5) is 4.79 Å². The molecule has 3 atom stereocenters. The van der Waals surface area contributed by atoms with Crippen molar-refractivity contribution in [3.05, 3.63) is 0 Å². The van der Waals surface area contributed by atoms with Gasteiger partial charge in [0.25, 0.3) is 0 Å². The molecule has 0 aromatic rings. The van der Waals surface area contributed by atoms with Gasteiger partial charge in [-0.25, -0.2) is 4.79 Å². The van der Waals surface area contributed by atoms with Crippen LogP contribution >= 0.6 is 0 Å². The van der Waals surface area contributed by atoms with Crippen LogP contribution < -0.4 is 5.32 Å². The van der Waals surface area contributed by atoms with Crippen LogP contribution in [0.3, 0.4) is 0 Å². The lowest BCUT2D eigenvalue weighted by atomic mass is 9.79. The van der Waals surface area contributed by atoms with E-state index in [4.69, 9.17) is 18.8 Å². The number of hydrogen-bond acceptors (Lipinski definition) is 6. The maximum atomic E-state index is 12.8. The van der Waals surface area contributed by atoms with Crippen molar-refractivity contribution in [1.82, 2.24) is 10.2 Å². The number of rotatable bonds is 7. The van der Waals surface area contributed by atoms with Gasteiger partial charge in [-0.2, -0.15) is 0 Å². The number of carbonyl (C=O) groups excluding carboxylic acids is 1. The first kappa shape index (κ1) is 24.4. The lowest BCUT2D eigenvalue weighted by molar-refractivity contribution is 0.00578. The highest BCUT2D eigenvalue weighted by molar-refractivity contribution is 6.45. The van der Waals surface area contributed by atoms with E-state index in [0.29, 0.717) is 13.2 Å². The number of amides is 1. The summed E-state index contributed by atoms with van der Waals surface area (Å²) in [6, 6.07) is 0.201. The van der Waals surface area contributed by atoms with Crippen molar-refractivity contribution in [2.75, 3.05) is 27.3 Å². The van der Waals surface area contributed by atoms with Gasteiger partial charge in [-0.15, -0.1) is 0 Å². The van der Waals surface area contributed by atoms with Crippen molar-refractivity contribution in [2.24, 2.45) is 5.92 Å². The van der Waals surface area contributed by atoms with E-state index in [1.54, 1.807) is 7.11 Å². The molecule has 29 heavy (non-hydrogen) atoms. The van der Waals surface area contributed by atoms with Crippen LogP contribution in [0, 0.1) is 5.92 Å². The zero-order chi connectivity index (χ0) is 22.0. The summed E-state index contributed by atoms with van der Waals surface area (Å²) >= 11 is 0. The standard InChI is InChI=1S/C21H41BN2O5/c1-19(2,3)27-18(25)24-13-16(23-8)15(17(24)14-26-9)11-10-12-22-28-20(4,5)21(6,7)29-22/h15-17,23H,10-14H2,1-9H3/t15-,16+,17?/m1/s1. The summed E-state index contributed by atoms with van der Waals surface area (Å²) in [5.74, 6) is 0.287. The molecule has 8 heteroatoms. The average molecular weight is 412 g/mol. The highest BCUT2D eigenvalue weighted by Crippen LogP contribution is 2.39. The van der Waals surface area contributed by atoms with E-state index in [9.17, 15) is 4.79 Å². The second kappa shape index (κ2) is 9.12. The first-order valence-corrected chi connectivity index (χ1v) is 10.8. The average Bonchev–Trinajstić information content (AvgIpc) is 3.00.